The Morgan fingerprint density at radius 1 is 1.38 bits per heavy atom. The number of rotatable bonds is 2. The van der Waals surface area contributed by atoms with Crippen LogP contribution in [-0.2, 0) is 0 Å². The fourth-order valence-corrected chi connectivity index (χ4v) is 3.32. The summed E-state index contributed by atoms with van der Waals surface area (Å²) in [6, 6.07) is 5.84. The lowest BCUT2D eigenvalue weighted by Gasteiger charge is -2.39. The Balaban J connectivity index is 1.85. The van der Waals surface area contributed by atoms with Crippen molar-refractivity contribution in [1.29, 1.82) is 0 Å². The summed E-state index contributed by atoms with van der Waals surface area (Å²) in [7, 11) is 0. The first-order valence-electron chi connectivity index (χ1n) is 7.65. The monoisotopic (exact) mass is 285 g/mol. The molecule has 112 valence electrons. The van der Waals surface area contributed by atoms with Gasteiger partial charge in [-0.25, -0.2) is 0 Å². The van der Waals surface area contributed by atoms with Crippen molar-refractivity contribution in [3.05, 3.63) is 30.0 Å². The number of benzene rings is 1. The molecule has 1 aromatic carbocycles. The van der Waals surface area contributed by atoms with E-state index in [4.69, 9.17) is 5.73 Å². The molecule has 1 heterocycles. The predicted octanol–water partition coefficient (Wildman–Crippen LogP) is 3.45. The first-order valence-corrected chi connectivity index (χ1v) is 7.65. The largest absolute Gasteiger partial charge is 0.399 e. The molecule has 1 saturated carbocycles. The molecule has 21 heavy (non-hydrogen) atoms. The van der Waals surface area contributed by atoms with Crippen LogP contribution in [0.15, 0.2) is 24.4 Å². The minimum Gasteiger partial charge on any atom is -0.399 e. The van der Waals surface area contributed by atoms with Crippen molar-refractivity contribution in [2.24, 2.45) is 5.41 Å². The molecule has 0 saturated heterocycles. The number of fused-ring (bicyclic) bond motifs is 1. The maximum Gasteiger partial charge on any atom is 0.253 e. The number of carbonyl (C=O) groups is 1. The van der Waals surface area contributed by atoms with E-state index in [9.17, 15) is 4.79 Å². The van der Waals surface area contributed by atoms with Crippen molar-refractivity contribution in [3.63, 3.8) is 0 Å². The van der Waals surface area contributed by atoms with Gasteiger partial charge in [-0.3, -0.25) is 4.79 Å². The number of carbonyl (C=O) groups excluding carboxylic acids is 1. The Bertz CT molecular complexity index is 672. The quantitative estimate of drug-likeness (QED) is 0.740. The standard InChI is InChI=1S/C17H23N3O/c1-17(2)8-4-3-5-15(17)20-16(21)13-10-19-14-7-6-11(18)9-12(13)14/h6-7,9-10,15,19H,3-5,8,18H2,1-2H3,(H,20,21). The molecule has 0 spiro atoms. The SMILES string of the molecule is CC1(C)CCCCC1NC(=O)c1c[nH]c2ccc(N)cc12. The van der Waals surface area contributed by atoms with Gasteiger partial charge in [0, 0.05) is 28.8 Å². The number of aromatic amines is 1. The first-order chi connectivity index (χ1) is 9.97. The number of nitrogens with one attached hydrogen (secondary N) is 2. The van der Waals surface area contributed by atoms with E-state index in [1.165, 1.54) is 19.3 Å². The molecule has 1 aliphatic carbocycles. The molecule has 0 aliphatic heterocycles. The van der Waals surface area contributed by atoms with Crippen LogP contribution in [0, 0.1) is 5.41 Å². The molecule has 1 aromatic heterocycles. The number of H-pyrrole nitrogens is 1. The van der Waals surface area contributed by atoms with Crippen molar-refractivity contribution in [3.8, 4) is 0 Å². The lowest BCUT2D eigenvalue weighted by molar-refractivity contribution is 0.0855. The molecular formula is C17H23N3O. The second kappa shape index (κ2) is 5.10. The van der Waals surface area contributed by atoms with Gasteiger partial charge in [-0.15, -0.1) is 0 Å². The summed E-state index contributed by atoms with van der Waals surface area (Å²) < 4.78 is 0. The molecule has 1 atom stereocenters. The van der Waals surface area contributed by atoms with Crippen LogP contribution in [0.25, 0.3) is 10.9 Å². The number of anilines is 1. The van der Waals surface area contributed by atoms with Gasteiger partial charge >= 0.3 is 0 Å². The zero-order valence-electron chi connectivity index (χ0n) is 12.7. The third-order valence-electron chi connectivity index (χ3n) is 4.76. The Kier molecular flexibility index (Phi) is 3.40. The molecule has 0 radical (unpaired) electrons. The van der Waals surface area contributed by atoms with Gasteiger partial charge in [0.1, 0.15) is 0 Å². The summed E-state index contributed by atoms with van der Waals surface area (Å²) in [6.07, 6.45) is 6.44. The van der Waals surface area contributed by atoms with E-state index >= 15 is 0 Å². The summed E-state index contributed by atoms with van der Waals surface area (Å²) in [5.74, 6) is -0.00757. The van der Waals surface area contributed by atoms with E-state index in [0.717, 1.165) is 17.3 Å². The molecule has 4 N–H and O–H groups in total. The smallest absolute Gasteiger partial charge is 0.253 e. The lowest BCUT2D eigenvalue weighted by Crippen LogP contribution is -2.46. The molecule has 4 heteroatoms. The number of hydrogen-bond donors (Lipinski definition) is 3. The zero-order chi connectivity index (χ0) is 15.0. The number of nitrogens with two attached hydrogens (primary N) is 1. The Hall–Kier alpha value is -1.97. The van der Waals surface area contributed by atoms with Gasteiger partial charge in [0.2, 0.25) is 0 Å². The van der Waals surface area contributed by atoms with E-state index in [0.29, 0.717) is 11.3 Å². The Morgan fingerprint density at radius 2 is 2.19 bits per heavy atom. The summed E-state index contributed by atoms with van der Waals surface area (Å²) >= 11 is 0. The van der Waals surface area contributed by atoms with Gasteiger partial charge in [0.25, 0.3) is 5.91 Å². The highest BCUT2D eigenvalue weighted by molar-refractivity contribution is 6.07. The average Bonchev–Trinajstić information content (AvgIpc) is 2.84. The Morgan fingerprint density at radius 3 is 2.95 bits per heavy atom. The normalized spacial score (nSPS) is 21.3. The lowest BCUT2D eigenvalue weighted by atomic mass is 9.73. The van der Waals surface area contributed by atoms with Crippen LogP contribution in [0.3, 0.4) is 0 Å². The zero-order valence-corrected chi connectivity index (χ0v) is 12.7. The second-order valence-electron chi connectivity index (χ2n) is 6.77. The van der Waals surface area contributed by atoms with Crippen LogP contribution in [0.4, 0.5) is 5.69 Å². The van der Waals surface area contributed by atoms with Gasteiger partial charge in [-0.05, 0) is 36.5 Å². The molecule has 1 fully saturated rings. The topological polar surface area (TPSA) is 70.9 Å². The van der Waals surface area contributed by atoms with E-state index in [1.807, 2.05) is 18.2 Å². The van der Waals surface area contributed by atoms with Crippen LogP contribution in [0.1, 0.15) is 49.9 Å². The highest BCUT2D eigenvalue weighted by Crippen LogP contribution is 2.35. The molecule has 1 amide bonds. The van der Waals surface area contributed by atoms with Crippen molar-refractivity contribution in [1.82, 2.24) is 10.3 Å². The van der Waals surface area contributed by atoms with E-state index in [2.05, 4.69) is 24.1 Å². The maximum atomic E-state index is 12.6. The molecule has 1 aliphatic rings. The van der Waals surface area contributed by atoms with Gasteiger partial charge in [-0.1, -0.05) is 26.7 Å². The molecule has 3 rings (SSSR count). The van der Waals surface area contributed by atoms with Crippen LogP contribution in [-0.4, -0.2) is 16.9 Å². The average molecular weight is 285 g/mol. The highest BCUT2D eigenvalue weighted by atomic mass is 16.1. The van der Waals surface area contributed by atoms with Crippen LogP contribution in [0.5, 0.6) is 0 Å². The maximum absolute atomic E-state index is 12.6. The fourth-order valence-electron chi connectivity index (χ4n) is 3.32. The number of hydrogen-bond acceptors (Lipinski definition) is 2. The highest BCUT2D eigenvalue weighted by Gasteiger charge is 2.33. The van der Waals surface area contributed by atoms with Crippen molar-refractivity contribution >= 4 is 22.5 Å². The van der Waals surface area contributed by atoms with Crippen molar-refractivity contribution in [2.45, 2.75) is 45.6 Å². The third-order valence-corrected chi connectivity index (χ3v) is 4.76. The minimum absolute atomic E-state index is 0.00757. The van der Waals surface area contributed by atoms with Crippen LogP contribution < -0.4 is 11.1 Å². The van der Waals surface area contributed by atoms with E-state index in [1.54, 1.807) is 6.20 Å². The number of nitrogen functional groups attached to an aromatic ring is 1. The van der Waals surface area contributed by atoms with Crippen molar-refractivity contribution < 1.29 is 4.79 Å². The summed E-state index contributed by atoms with van der Waals surface area (Å²) in [4.78, 5) is 15.8. The van der Waals surface area contributed by atoms with E-state index in [-0.39, 0.29) is 17.4 Å². The molecular weight excluding hydrogens is 262 g/mol. The summed E-state index contributed by atoms with van der Waals surface area (Å²) in [5, 5.41) is 4.11. The van der Waals surface area contributed by atoms with Gasteiger partial charge < -0.3 is 16.0 Å². The van der Waals surface area contributed by atoms with Crippen molar-refractivity contribution in [2.75, 3.05) is 5.73 Å². The summed E-state index contributed by atoms with van der Waals surface area (Å²) in [5.41, 5.74) is 8.30. The fraction of sp³-hybridized carbons (Fsp3) is 0.471. The van der Waals surface area contributed by atoms with Crippen LogP contribution >= 0.6 is 0 Å². The second-order valence-corrected chi connectivity index (χ2v) is 6.77. The van der Waals surface area contributed by atoms with Gasteiger partial charge in [0.05, 0.1) is 5.56 Å². The predicted molar refractivity (Wildman–Crippen MR) is 86.2 cm³/mol. The van der Waals surface area contributed by atoms with Gasteiger partial charge in [-0.2, -0.15) is 0 Å². The summed E-state index contributed by atoms with van der Waals surface area (Å²) in [6.45, 7) is 4.48. The van der Waals surface area contributed by atoms with Crippen LogP contribution in [0.2, 0.25) is 0 Å². The van der Waals surface area contributed by atoms with Gasteiger partial charge in [0.15, 0.2) is 0 Å². The van der Waals surface area contributed by atoms with E-state index < -0.39 is 0 Å². The molecule has 0 bridgehead atoms. The molecule has 1 unspecified atom stereocenters. The minimum atomic E-state index is -0.00757. The molecule has 4 nitrogen and oxygen atoms in total. The third kappa shape index (κ3) is 2.62. The first kappa shape index (κ1) is 14.0. The molecule has 2 aromatic rings. The number of aromatic nitrogens is 1. The Labute approximate surface area is 125 Å². The number of amides is 1.